The van der Waals surface area contributed by atoms with Crippen LogP contribution in [0.2, 0.25) is 0 Å². The van der Waals surface area contributed by atoms with Crippen molar-refractivity contribution in [2.24, 2.45) is 0 Å². The van der Waals surface area contributed by atoms with Gasteiger partial charge in [-0.3, -0.25) is 19.4 Å². The number of hydrogen-bond acceptors (Lipinski definition) is 7. The quantitative estimate of drug-likeness (QED) is 0.585. The highest BCUT2D eigenvalue weighted by atomic mass is 32.2. The van der Waals surface area contributed by atoms with Gasteiger partial charge >= 0.3 is 0 Å². The van der Waals surface area contributed by atoms with E-state index in [1.165, 1.54) is 6.26 Å². The van der Waals surface area contributed by atoms with Crippen LogP contribution in [0.4, 0.5) is 0 Å². The molecular formula is C24H36N4O5S. The van der Waals surface area contributed by atoms with E-state index in [1.807, 2.05) is 17.0 Å². The molecular weight excluding hydrogens is 456 g/mol. The smallest absolute Gasteiger partial charge is 0.239 e. The van der Waals surface area contributed by atoms with Crippen LogP contribution >= 0.6 is 0 Å². The normalized spacial score (nSPS) is 27.3. The van der Waals surface area contributed by atoms with E-state index in [0.29, 0.717) is 56.8 Å². The summed E-state index contributed by atoms with van der Waals surface area (Å²) in [5, 5.41) is 12.8. The number of nitrogens with zero attached hydrogens (tertiary/aromatic N) is 3. The van der Waals surface area contributed by atoms with Gasteiger partial charge in [0.05, 0.1) is 11.0 Å². The minimum Gasteiger partial charge on any atom is -0.393 e. The number of aliphatic hydroxyl groups is 1. The van der Waals surface area contributed by atoms with Gasteiger partial charge in [0.25, 0.3) is 0 Å². The zero-order valence-electron chi connectivity index (χ0n) is 20.0. The van der Waals surface area contributed by atoms with E-state index in [-0.39, 0.29) is 36.0 Å². The van der Waals surface area contributed by atoms with Gasteiger partial charge in [0.15, 0.2) is 9.84 Å². The third-order valence-electron chi connectivity index (χ3n) is 7.60. The van der Waals surface area contributed by atoms with Crippen molar-refractivity contribution >= 4 is 21.7 Å². The van der Waals surface area contributed by atoms with Gasteiger partial charge in [-0.2, -0.15) is 0 Å². The summed E-state index contributed by atoms with van der Waals surface area (Å²) in [7, 11) is -1.19. The molecule has 3 atom stereocenters. The second-order valence-electron chi connectivity index (χ2n) is 9.90. The summed E-state index contributed by atoms with van der Waals surface area (Å²) >= 11 is 0. The van der Waals surface area contributed by atoms with Gasteiger partial charge in [-0.25, -0.2) is 8.42 Å². The van der Waals surface area contributed by atoms with Gasteiger partial charge in [-0.05, 0) is 50.4 Å². The Bertz CT molecular complexity index is 991. The van der Waals surface area contributed by atoms with E-state index in [2.05, 4.69) is 22.2 Å². The van der Waals surface area contributed by atoms with E-state index < -0.39 is 9.84 Å². The van der Waals surface area contributed by atoms with E-state index in [1.54, 1.807) is 12.1 Å². The fourth-order valence-electron chi connectivity index (χ4n) is 5.47. The maximum atomic E-state index is 13.0. The van der Waals surface area contributed by atoms with Crippen molar-refractivity contribution in [2.75, 3.05) is 39.5 Å². The Morgan fingerprint density at radius 1 is 1.12 bits per heavy atom. The van der Waals surface area contributed by atoms with Crippen molar-refractivity contribution in [3.8, 4) is 0 Å². The van der Waals surface area contributed by atoms with Gasteiger partial charge in [0.1, 0.15) is 6.04 Å². The van der Waals surface area contributed by atoms with Gasteiger partial charge in [-0.15, -0.1) is 0 Å². The van der Waals surface area contributed by atoms with Gasteiger partial charge in [-0.1, -0.05) is 12.1 Å². The topological polar surface area (TPSA) is 110 Å². The molecule has 0 radical (unpaired) electrons. The number of likely N-dealkylation sites (N-methyl/N-ethyl adjacent to an activating group) is 1. The number of rotatable bonds is 6. The maximum Gasteiger partial charge on any atom is 0.239 e. The molecule has 188 valence electrons. The average molecular weight is 493 g/mol. The maximum absolute atomic E-state index is 13.0. The number of nitrogens with one attached hydrogen (secondary N) is 1. The summed E-state index contributed by atoms with van der Waals surface area (Å²) in [5.74, 6) is 0.138. The third-order valence-corrected chi connectivity index (χ3v) is 8.72. The number of hydrogen-bond donors (Lipinski definition) is 2. The molecule has 0 bridgehead atoms. The molecule has 3 aliphatic heterocycles. The highest BCUT2D eigenvalue weighted by molar-refractivity contribution is 7.90. The molecule has 3 unspecified atom stereocenters. The fraction of sp³-hybridized carbons (Fsp3) is 0.667. The number of carbonyl (C=O) groups excluding carboxylic acids is 2. The summed E-state index contributed by atoms with van der Waals surface area (Å²) in [5.41, 5.74) is 0.974. The summed E-state index contributed by atoms with van der Waals surface area (Å²) in [6.07, 6.45) is 4.17. The monoisotopic (exact) mass is 492 g/mol. The number of fused-ring (bicyclic) bond motifs is 1. The lowest BCUT2D eigenvalue weighted by Crippen LogP contribution is -2.49. The summed E-state index contributed by atoms with van der Waals surface area (Å²) < 4.78 is 23.4. The number of piperidine rings is 1. The predicted octanol–water partition coefficient (Wildman–Crippen LogP) is 0.227. The fourth-order valence-corrected chi connectivity index (χ4v) is 6.10. The summed E-state index contributed by atoms with van der Waals surface area (Å²) in [6.45, 7) is 3.11. The van der Waals surface area contributed by atoms with E-state index in [9.17, 15) is 23.1 Å². The molecule has 3 heterocycles. The molecule has 2 amide bonds. The predicted molar refractivity (Wildman–Crippen MR) is 128 cm³/mol. The van der Waals surface area contributed by atoms with Crippen molar-refractivity contribution in [1.29, 1.82) is 0 Å². The molecule has 10 heteroatoms. The summed E-state index contributed by atoms with van der Waals surface area (Å²) in [4.78, 5) is 32.3. The Labute approximate surface area is 202 Å². The van der Waals surface area contributed by atoms with Crippen molar-refractivity contribution < 1.29 is 23.1 Å². The van der Waals surface area contributed by atoms with Crippen LogP contribution in [-0.4, -0.2) is 104 Å². The summed E-state index contributed by atoms with van der Waals surface area (Å²) in [6, 6.07) is 6.76. The van der Waals surface area contributed by atoms with Crippen LogP contribution < -0.4 is 5.32 Å². The SMILES string of the molecule is CN1C(CCC(=O)N2CCC(O)CC2)CNC(=O)C2C1CCN2Cc1ccc(S(C)(=O)=O)cc1. The molecule has 0 spiro atoms. The van der Waals surface area contributed by atoms with Crippen LogP contribution in [0, 0.1) is 0 Å². The van der Waals surface area contributed by atoms with Crippen molar-refractivity contribution in [3.63, 3.8) is 0 Å². The van der Waals surface area contributed by atoms with Crippen molar-refractivity contribution in [1.82, 2.24) is 20.0 Å². The molecule has 3 saturated heterocycles. The van der Waals surface area contributed by atoms with Crippen LogP contribution in [0.15, 0.2) is 29.2 Å². The molecule has 3 aliphatic rings. The Kier molecular flexibility index (Phi) is 7.61. The van der Waals surface area contributed by atoms with E-state index in [0.717, 1.165) is 18.5 Å². The molecule has 0 saturated carbocycles. The Morgan fingerprint density at radius 2 is 1.79 bits per heavy atom. The van der Waals surface area contributed by atoms with Crippen LogP contribution in [0.5, 0.6) is 0 Å². The first-order valence-corrected chi connectivity index (χ1v) is 14.0. The minimum absolute atomic E-state index is 0.0148. The number of amides is 2. The Balaban J connectivity index is 1.36. The Morgan fingerprint density at radius 3 is 2.44 bits per heavy atom. The second-order valence-corrected chi connectivity index (χ2v) is 11.9. The molecule has 4 rings (SSSR count). The van der Waals surface area contributed by atoms with Crippen molar-refractivity contribution in [2.45, 2.75) is 67.8 Å². The van der Waals surface area contributed by atoms with E-state index in [4.69, 9.17) is 0 Å². The van der Waals surface area contributed by atoms with Gasteiger partial charge in [0, 0.05) is 57.5 Å². The largest absolute Gasteiger partial charge is 0.393 e. The van der Waals surface area contributed by atoms with E-state index >= 15 is 0 Å². The van der Waals surface area contributed by atoms with Crippen LogP contribution in [0.3, 0.4) is 0 Å². The third kappa shape index (κ3) is 5.62. The highest BCUT2D eigenvalue weighted by Gasteiger charge is 2.45. The van der Waals surface area contributed by atoms with Gasteiger partial charge in [0.2, 0.25) is 11.8 Å². The lowest BCUT2D eigenvalue weighted by molar-refractivity contribution is -0.133. The van der Waals surface area contributed by atoms with Gasteiger partial charge < -0.3 is 15.3 Å². The van der Waals surface area contributed by atoms with Crippen LogP contribution in [0.1, 0.15) is 37.7 Å². The highest BCUT2D eigenvalue weighted by Crippen LogP contribution is 2.29. The minimum atomic E-state index is -3.24. The zero-order chi connectivity index (χ0) is 24.5. The lowest BCUT2D eigenvalue weighted by Gasteiger charge is -2.34. The first kappa shape index (κ1) is 25.1. The molecule has 2 N–H and O–H groups in total. The molecule has 34 heavy (non-hydrogen) atoms. The number of likely N-dealkylation sites (tertiary alicyclic amines) is 2. The second kappa shape index (κ2) is 10.3. The Hall–Kier alpha value is -2.01. The molecule has 0 aliphatic carbocycles. The first-order chi connectivity index (χ1) is 16.1. The molecule has 3 fully saturated rings. The molecule has 9 nitrogen and oxygen atoms in total. The lowest BCUT2D eigenvalue weighted by atomic mass is 10.0. The molecule has 1 aromatic rings. The number of benzene rings is 1. The first-order valence-electron chi connectivity index (χ1n) is 12.1. The van der Waals surface area contributed by atoms with Crippen LogP contribution in [0.25, 0.3) is 0 Å². The number of aliphatic hydroxyl groups excluding tert-OH is 1. The molecule has 0 aromatic heterocycles. The van der Waals surface area contributed by atoms with Crippen molar-refractivity contribution in [3.05, 3.63) is 29.8 Å². The average Bonchev–Trinajstić information content (AvgIpc) is 3.17. The molecule has 1 aromatic carbocycles. The number of sulfone groups is 1. The number of carbonyl (C=O) groups is 2. The zero-order valence-corrected chi connectivity index (χ0v) is 20.8. The van der Waals surface area contributed by atoms with Crippen LogP contribution in [-0.2, 0) is 26.0 Å². The standard InChI is InChI=1S/C24H36N4O5S/c1-26-18(5-8-22(30)27-12-9-19(29)10-13-27)15-25-24(31)23-21(26)11-14-28(23)16-17-3-6-20(7-4-17)34(2,32)33/h3-4,6-7,18-19,21,23,29H,5,8-16H2,1-2H3,(H,25,31).